The second-order valence-electron chi connectivity index (χ2n) is 9.91. The molecule has 0 aliphatic carbocycles. The van der Waals surface area contributed by atoms with Gasteiger partial charge in [0.15, 0.2) is 0 Å². The van der Waals surface area contributed by atoms with Crippen molar-refractivity contribution in [2.75, 3.05) is 0 Å². The van der Waals surface area contributed by atoms with Crippen molar-refractivity contribution < 1.29 is 22.3 Å². The van der Waals surface area contributed by atoms with Crippen LogP contribution in [-0.4, -0.2) is 6.36 Å². The van der Waals surface area contributed by atoms with Crippen LogP contribution in [0.2, 0.25) is 0 Å². The summed E-state index contributed by atoms with van der Waals surface area (Å²) in [7, 11) is 0. The Morgan fingerprint density at radius 2 is 1.18 bits per heavy atom. The number of rotatable bonds is 12. The summed E-state index contributed by atoms with van der Waals surface area (Å²) in [5, 5.41) is 1.47. The third kappa shape index (κ3) is 8.08. The first-order valence-electron chi connectivity index (χ1n) is 13.4. The third-order valence-corrected chi connectivity index (χ3v) is 6.98. The number of hydrogen-bond donors (Lipinski definition) is 0. The highest BCUT2D eigenvalue weighted by molar-refractivity contribution is 5.84. The van der Waals surface area contributed by atoms with Gasteiger partial charge in [-0.1, -0.05) is 92.9 Å². The van der Waals surface area contributed by atoms with E-state index in [1.54, 1.807) is 12.1 Å². The smallest absolute Gasteiger partial charge is 0.406 e. The Hall–Kier alpha value is -3.34. The number of alkyl halides is 3. The molecule has 4 aromatic carbocycles. The molecule has 200 valence electrons. The zero-order valence-electron chi connectivity index (χ0n) is 21.8. The lowest BCUT2D eigenvalue weighted by atomic mass is 9.97. The molecule has 0 amide bonds. The molecule has 1 nitrogen and oxygen atoms in total. The molecule has 0 bridgehead atoms. The zero-order chi connectivity index (χ0) is 27.0. The molecule has 4 aromatic rings. The molecule has 5 heteroatoms. The molecule has 0 aromatic heterocycles. The Morgan fingerprint density at radius 3 is 1.84 bits per heavy atom. The van der Waals surface area contributed by atoms with E-state index in [1.165, 1.54) is 54.5 Å². The van der Waals surface area contributed by atoms with Gasteiger partial charge in [0.05, 0.1) is 0 Å². The van der Waals surface area contributed by atoms with Gasteiger partial charge in [-0.2, -0.15) is 0 Å². The molecule has 0 radical (unpaired) electrons. The van der Waals surface area contributed by atoms with Crippen molar-refractivity contribution in [2.24, 2.45) is 0 Å². The van der Waals surface area contributed by atoms with E-state index in [-0.39, 0.29) is 11.6 Å². The first-order valence-corrected chi connectivity index (χ1v) is 13.4. The lowest BCUT2D eigenvalue weighted by Gasteiger charge is -2.11. The van der Waals surface area contributed by atoms with Crippen LogP contribution in [0, 0.1) is 5.82 Å². The van der Waals surface area contributed by atoms with E-state index in [1.807, 2.05) is 24.3 Å². The fraction of sp³-hybridized carbons (Fsp3) is 0.333. The minimum absolute atomic E-state index is 0.236. The molecule has 0 unspecified atom stereocenters. The number of benzene rings is 4. The summed E-state index contributed by atoms with van der Waals surface area (Å²) in [6.07, 6.45) is 4.33. The summed E-state index contributed by atoms with van der Waals surface area (Å²) in [6.45, 7) is 2.23. The molecule has 0 atom stereocenters. The van der Waals surface area contributed by atoms with E-state index in [9.17, 15) is 13.2 Å². The van der Waals surface area contributed by atoms with Crippen molar-refractivity contribution in [3.05, 3.63) is 112 Å². The SMILES string of the molecule is CCCCCCc1ccc(CCc2ccc3c(F)c(CCc4ccc(OC(F)(F)F)cc4)ccc3c2)cc1. The van der Waals surface area contributed by atoms with E-state index in [4.69, 9.17) is 0 Å². The van der Waals surface area contributed by atoms with Crippen LogP contribution in [0.3, 0.4) is 0 Å². The molecule has 0 saturated heterocycles. The first kappa shape index (κ1) is 27.7. The monoisotopic (exact) mass is 522 g/mol. The number of fused-ring (bicyclic) bond motifs is 1. The molecule has 38 heavy (non-hydrogen) atoms. The highest BCUT2D eigenvalue weighted by Crippen LogP contribution is 2.26. The molecule has 0 aliphatic heterocycles. The molecule has 4 rings (SSSR count). The summed E-state index contributed by atoms with van der Waals surface area (Å²) in [5.41, 5.74) is 5.29. The van der Waals surface area contributed by atoms with E-state index in [0.29, 0.717) is 23.8 Å². The average Bonchev–Trinajstić information content (AvgIpc) is 2.90. The molecule has 0 fully saturated rings. The maximum Gasteiger partial charge on any atom is 0.573 e. The van der Waals surface area contributed by atoms with Gasteiger partial charge < -0.3 is 4.74 Å². The van der Waals surface area contributed by atoms with Gasteiger partial charge in [-0.25, -0.2) is 4.39 Å². The molecule has 0 heterocycles. The number of hydrogen-bond acceptors (Lipinski definition) is 1. The summed E-state index contributed by atoms with van der Waals surface area (Å²) in [5.74, 6) is -0.496. The Bertz CT molecular complexity index is 1310. The fourth-order valence-electron chi connectivity index (χ4n) is 4.79. The van der Waals surface area contributed by atoms with Crippen molar-refractivity contribution in [3.8, 4) is 5.75 Å². The number of halogens is 4. The maximum atomic E-state index is 15.2. The van der Waals surface area contributed by atoms with Crippen molar-refractivity contribution in [1.82, 2.24) is 0 Å². The summed E-state index contributed by atoms with van der Waals surface area (Å²) < 4.78 is 56.1. The molecular weight excluding hydrogens is 488 g/mol. The summed E-state index contributed by atoms with van der Waals surface area (Å²) in [6, 6.07) is 24.3. The lowest BCUT2D eigenvalue weighted by Crippen LogP contribution is -2.17. The van der Waals surface area contributed by atoms with Gasteiger partial charge in [0, 0.05) is 5.39 Å². The quantitative estimate of drug-likeness (QED) is 0.133. The van der Waals surface area contributed by atoms with Gasteiger partial charge in [0.1, 0.15) is 11.6 Å². The largest absolute Gasteiger partial charge is 0.573 e. The Kier molecular flexibility index (Phi) is 9.43. The molecule has 0 spiro atoms. The standard InChI is InChI=1S/C33H34F4O/c1-2-3-4-5-6-24-7-9-25(10-8-24)11-12-27-16-22-31-29(23-27)19-18-28(32(31)34)17-13-26-14-20-30(21-15-26)38-33(35,36)37/h7-10,14-16,18-23H,2-6,11-13,17H2,1H3. The van der Waals surface area contributed by atoms with Crippen molar-refractivity contribution in [2.45, 2.75) is 71.1 Å². The number of unbranched alkanes of at least 4 members (excludes halogenated alkanes) is 3. The van der Waals surface area contributed by atoms with E-state index in [0.717, 1.165) is 30.2 Å². The second-order valence-corrected chi connectivity index (χ2v) is 9.91. The Labute approximate surface area is 222 Å². The van der Waals surface area contributed by atoms with Crippen LogP contribution in [-0.2, 0) is 32.1 Å². The third-order valence-electron chi connectivity index (χ3n) is 6.98. The predicted molar refractivity (Wildman–Crippen MR) is 146 cm³/mol. The van der Waals surface area contributed by atoms with Crippen LogP contribution in [0.5, 0.6) is 5.75 Å². The van der Waals surface area contributed by atoms with Gasteiger partial charge in [-0.15, -0.1) is 13.2 Å². The maximum absolute atomic E-state index is 15.2. The van der Waals surface area contributed by atoms with E-state index >= 15 is 4.39 Å². The van der Waals surface area contributed by atoms with Crippen LogP contribution in [0.25, 0.3) is 10.8 Å². The Morgan fingerprint density at radius 1 is 0.605 bits per heavy atom. The van der Waals surface area contributed by atoms with Gasteiger partial charge in [0.25, 0.3) is 0 Å². The summed E-state index contributed by atoms with van der Waals surface area (Å²) in [4.78, 5) is 0. The first-order chi connectivity index (χ1) is 18.3. The van der Waals surface area contributed by atoms with Crippen molar-refractivity contribution in [1.29, 1.82) is 0 Å². The lowest BCUT2D eigenvalue weighted by molar-refractivity contribution is -0.274. The average molecular weight is 523 g/mol. The summed E-state index contributed by atoms with van der Waals surface area (Å²) >= 11 is 0. The molecule has 0 N–H and O–H groups in total. The van der Waals surface area contributed by atoms with Crippen LogP contribution in [0.1, 0.15) is 60.4 Å². The van der Waals surface area contributed by atoms with Crippen LogP contribution in [0.15, 0.2) is 78.9 Å². The molecule has 0 saturated carbocycles. The zero-order valence-corrected chi connectivity index (χ0v) is 21.8. The van der Waals surface area contributed by atoms with Crippen molar-refractivity contribution >= 4 is 10.8 Å². The van der Waals surface area contributed by atoms with Gasteiger partial charge >= 0.3 is 6.36 Å². The fourth-order valence-corrected chi connectivity index (χ4v) is 4.79. The topological polar surface area (TPSA) is 9.23 Å². The van der Waals surface area contributed by atoms with Gasteiger partial charge in [-0.3, -0.25) is 0 Å². The van der Waals surface area contributed by atoms with Crippen LogP contribution < -0.4 is 4.74 Å². The van der Waals surface area contributed by atoms with Crippen LogP contribution in [0.4, 0.5) is 17.6 Å². The van der Waals surface area contributed by atoms with E-state index < -0.39 is 6.36 Å². The van der Waals surface area contributed by atoms with Gasteiger partial charge in [-0.05, 0) is 83.9 Å². The highest BCUT2D eigenvalue weighted by Gasteiger charge is 2.30. The normalized spacial score (nSPS) is 11.7. The molecular formula is C33H34F4O. The highest BCUT2D eigenvalue weighted by atomic mass is 19.4. The molecule has 0 aliphatic rings. The Balaban J connectivity index is 1.32. The van der Waals surface area contributed by atoms with Gasteiger partial charge in [0.2, 0.25) is 0 Å². The minimum Gasteiger partial charge on any atom is -0.406 e. The minimum atomic E-state index is -4.71. The van der Waals surface area contributed by atoms with E-state index in [2.05, 4.69) is 42.0 Å². The number of aryl methyl sites for hydroxylation is 5. The second kappa shape index (κ2) is 12.9. The predicted octanol–water partition coefficient (Wildman–Crippen LogP) is 9.57. The van der Waals surface area contributed by atoms with Crippen molar-refractivity contribution in [3.63, 3.8) is 0 Å². The number of ether oxygens (including phenoxy) is 1. The van der Waals surface area contributed by atoms with Crippen LogP contribution >= 0.6 is 0 Å².